The predicted octanol–water partition coefficient (Wildman–Crippen LogP) is 6.66. The van der Waals surface area contributed by atoms with Gasteiger partial charge in [-0.1, -0.05) is 108 Å². The summed E-state index contributed by atoms with van der Waals surface area (Å²) >= 11 is 0. The van der Waals surface area contributed by atoms with Gasteiger partial charge in [0.05, 0.1) is 37.7 Å². The van der Waals surface area contributed by atoms with Crippen LogP contribution in [0.4, 0.5) is 10.2 Å². The van der Waals surface area contributed by atoms with Crippen LogP contribution in [0.15, 0.2) is 31.9 Å². The SMILES string of the molecule is CCCCCCCCCCCCCCCCCCNc1nc(=O)n(C2CC(O)C(COP(=O)(O)OC[C@@H]3O[C@H](n4cc(C)c(=O)[nH]c4=O)C[C@H]3N=[N+]=[N-])O2)cc1F. The molecule has 2 saturated heterocycles. The number of phosphoric ester groups is 1. The van der Waals surface area contributed by atoms with Gasteiger partial charge in [0.15, 0.2) is 11.6 Å². The molecule has 320 valence electrons. The lowest BCUT2D eigenvalue weighted by Gasteiger charge is -2.20. The van der Waals surface area contributed by atoms with Gasteiger partial charge in [-0.2, -0.15) is 4.98 Å². The molecule has 7 atom stereocenters. The third-order valence-corrected chi connectivity index (χ3v) is 11.4. The second-order valence-corrected chi connectivity index (χ2v) is 16.4. The van der Waals surface area contributed by atoms with E-state index < -0.39 is 80.6 Å². The van der Waals surface area contributed by atoms with Gasteiger partial charge in [-0.25, -0.2) is 18.5 Å². The van der Waals surface area contributed by atoms with E-state index in [1.807, 2.05) is 0 Å². The number of aliphatic hydroxyl groups is 1. The average molecular weight is 827 g/mol. The molecule has 2 fully saturated rings. The number of rotatable bonds is 27. The van der Waals surface area contributed by atoms with E-state index in [1.165, 1.54) is 96.6 Å². The molecule has 4 unspecified atom stereocenters. The van der Waals surface area contributed by atoms with Gasteiger partial charge in [0.25, 0.3) is 5.56 Å². The summed E-state index contributed by atoms with van der Waals surface area (Å²) in [5.74, 6) is -0.941. The molecule has 0 saturated carbocycles. The second kappa shape index (κ2) is 23.9. The lowest BCUT2D eigenvalue weighted by molar-refractivity contribution is -0.0522. The summed E-state index contributed by atoms with van der Waals surface area (Å²) in [5, 5.41) is 17.1. The number of phosphoric acid groups is 1. The van der Waals surface area contributed by atoms with Crippen molar-refractivity contribution in [3.8, 4) is 0 Å². The van der Waals surface area contributed by atoms with Crippen molar-refractivity contribution in [1.29, 1.82) is 0 Å². The molecule has 4 N–H and O–H groups in total. The van der Waals surface area contributed by atoms with E-state index >= 15 is 0 Å². The van der Waals surface area contributed by atoms with Crippen molar-refractivity contribution in [1.82, 2.24) is 19.1 Å². The van der Waals surface area contributed by atoms with E-state index in [0.29, 0.717) is 6.54 Å². The van der Waals surface area contributed by atoms with Gasteiger partial charge in [-0.15, -0.1) is 0 Å². The Bertz CT molecular complexity index is 1820. The molecule has 4 rings (SSSR count). The monoisotopic (exact) mass is 826 g/mol. The van der Waals surface area contributed by atoms with Crippen LogP contribution in [0.1, 0.15) is 141 Å². The number of aryl methyl sites for hydroxylation is 1. The van der Waals surface area contributed by atoms with Crippen LogP contribution >= 0.6 is 7.82 Å². The van der Waals surface area contributed by atoms with E-state index in [-0.39, 0.29) is 24.2 Å². The van der Waals surface area contributed by atoms with Crippen LogP contribution in [0.2, 0.25) is 0 Å². The number of aromatic nitrogens is 4. The van der Waals surface area contributed by atoms with Crippen molar-refractivity contribution in [2.24, 2.45) is 5.11 Å². The number of ether oxygens (including phenoxy) is 2. The highest BCUT2D eigenvalue weighted by Gasteiger charge is 2.40. The Labute approximate surface area is 331 Å². The largest absolute Gasteiger partial charge is 0.472 e. The quantitative estimate of drug-likeness (QED) is 0.0243. The lowest BCUT2D eigenvalue weighted by Crippen LogP contribution is -2.33. The Morgan fingerprint density at radius 3 is 2.05 bits per heavy atom. The highest BCUT2D eigenvalue weighted by atomic mass is 31.2. The minimum Gasteiger partial charge on any atom is -0.390 e. The number of halogens is 1. The highest BCUT2D eigenvalue weighted by molar-refractivity contribution is 7.47. The molecular weight excluding hydrogens is 766 g/mol. The van der Waals surface area contributed by atoms with Crippen molar-refractivity contribution in [3.63, 3.8) is 0 Å². The Morgan fingerprint density at radius 1 is 0.912 bits per heavy atom. The zero-order valence-electron chi connectivity index (χ0n) is 33.1. The number of azide groups is 1. The minimum absolute atomic E-state index is 0.00891. The minimum atomic E-state index is -4.80. The van der Waals surface area contributed by atoms with E-state index in [0.717, 1.165) is 34.6 Å². The van der Waals surface area contributed by atoms with Gasteiger partial charge >= 0.3 is 19.2 Å². The van der Waals surface area contributed by atoms with Gasteiger partial charge in [0, 0.05) is 36.1 Å². The molecule has 0 bridgehead atoms. The number of nitrogens with zero attached hydrogens (tertiary/aromatic N) is 6. The zero-order valence-corrected chi connectivity index (χ0v) is 34.0. The standard InChI is InChI=1S/C37H60FN8O10P/c1-3-4-5-6-7-8-9-10-11-12-13-14-15-16-17-18-19-40-34-27(38)23-46(36(49)41-34)33-21-29(47)31(56-33)25-54-57(51,52)53-24-30-28(43-44-39)20-32(55-30)45-22-26(2)35(48)42-37(45)50/h22-23,28-33,47H,3-21,24-25H2,1-2H3,(H,51,52)(H,40,41,49)(H,42,48,50)/t28-,29?,30+,31?,32+,33?/m1/s1. The van der Waals surface area contributed by atoms with Gasteiger partial charge in [-0.05, 0) is 18.9 Å². The van der Waals surface area contributed by atoms with Crippen molar-refractivity contribution in [2.75, 3.05) is 25.1 Å². The number of hydrogen-bond acceptors (Lipinski definition) is 12. The van der Waals surface area contributed by atoms with E-state index in [4.69, 9.17) is 24.1 Å². The number of hydrogen-bond donors (Lipinski definition) is 4. The van der Waals surface area contributed by atoms with Crippen LogP contribution < -0.4 is 22.3 Å². The fraction of sp³-hybridized carbons (Fsp3) is 0.784. The Hall–Kier alpha value is -3.41. The summed E-state index contributed by atoms with van der Waals surface area (Å²) < 4.78 is 51.3. The first-order valence-electron chi connectivity index (χ1n) is 20.4. The molecule has 57 heavy (non-hydrogen) atoms. The van der Waals surface area contributed by atoms with E-state index in [2.05, 4.69) is 32.2 Å². The molecular formula is C37H60FN8O10P. The van der Waals surface area contributed by atoms with Crippen LogP contribution in [0.3, 0.4) is 0 Å². The zero-order chi connectivity index (χ0) is 41.2. The Balaban J connectivity index is 1.13. The first-order chi connectivity index (χ1) is 27.4. The van der Waals surface area contributed by atoms with Crippen LogP contribution in [0, 0.1) is 12.7 Å². The molecule has 0 aliphatic carbocycles. The maximum atomic E-state index is 15.0. The number of anilines is 1. The molecule has 2 aromatic rings. The van der Waals surface area contributed by atoms with E-state index in [1.54, 1.807) is 0 Å². The fourth-order valence-corrected chi connectivity index (χ4v) is 7.83. The smallest absolute Gasteiger partial charge is 0.390 e. The van der Waals surface area contributed by atoms with Gasteiger partial charge in [0.1, 0.15) is 18.6 Å². The number of nitrogens with one attached hydrogen (secondary N) is 2. The first-order valence-corrected chi connectivity index (χ1v) is 21.9. The van der Waals surface area contributed by atoms with Crippen molar-refractivity contribution in [2.45, 2.75) is 166 Å². The van der Waals surface area contributed by atoms with Gasteiger partial charge in [0.2, 0.25) is 0 Å². The lowest BCUT2D eigenvalue weighted by atomic mass is 10.0. The van der Waals surface area contributed by atoms with Crippen molar-refractivity contribution >= 4 is 13.6 Å². The van der Waals surface area contributed by atoms with Crippen LogP contribution in [-0.2, 0) is 23.1 Å². The second-order valence-electron chi connectivity index (χ2n) is 15.0. The topological polar surface area (TPSA) is 245 Å². The maximum absolute atomic E-state index is 15.0. The average Bonchev–Trinajstić information content (AvgIpc) is 3.76. The molecule has 0 radical (unpaired) electrons. The van der Waals surface area contributed by atoms with Gasteiger partial charge in [-0.3, -0.25) is 28.0 Å². The number of H-pyrrole nitrogens is 1. The van der Waals surface area contributed by atoms with Crippen LogP contribution in [0.5, 0.6) is 0 Å². The number of unbranched alkanes of at least 4 members (excludes halogenated alkanes) is 15. The summed E-state index contributed by atoms with van der Waals surface area (Å²) in [4.78, 5) is 56.0. The molecule has 18 nitrogen and oxygen atoms in total. The maximum Gasteiger partial charge on any atom is 0.472 e. The Kier molecular flexibility index (Phi) is 19.4. The molecule has 0 spiro atoms. The fourth-order valence-electron chi connectivity index (χ4n) is 7.09. The Morgan fingerprint density at radius 2 is 1.46 bits per heavy atom. The highest BCUT2D eigenvalue weighted by Crippen LogP contribution is 2.45. The number of aliphatic hydroxyl groups excluding tert-OH is 1. The normalized spacial score (nSPS) is 23.0. The van der Waals surface area contributed by atoms with Crippen LogP contribution in [-0.4, -0.2) is 73.2 Å². The van der Waals surface area contributed by atoms with Gasteiger partial charge < -0.3 is 24.8 Å². The third kappa shape index (κ3) is 15.0. The summed E-state index contributed by atoms with van der Waals surface area (Å²) in [6.07, 6.45) is 16.5. The van der Waals surface area contributed by atoms with Crippen molar-refractivity contribution < 1.29 is 37.5 Å². The predicted molar refractivity (Wildman–Crippen MR) is 210 cm³/mol. The van der Waals surface area contributed by atoms with Crippen LogP contribution in [0.25, 0.3) is 10.4 Å². The summed E-state index contributed by atoms with van der Waals surface area (Å²) in [7, 11) is -4.80. The molecule has 20 heteroatoms. The molecule has 2 aliphatic rings. The molecule has 0 aromatic carbocycles. The summed E-state index contributed by atoms with van der Waals surface area (Å²) in [6, 6.07) is -0.896. The molecule has 4 heterocycles. The van der Waals surface area contributed by atoms with Crippen molar-refractivity contribution in [3.05, 3.63) is 65.5 Å². The first kappa shape index (κ1) is 46.3. The number of aromatic amines is 1. The summed E-state index contributed by atoms with van der Waals surface area (Å²) in [6.45, 7) is 2.99. The third-order valence-electron chi connectivity index (χ3n) is 10.4. The van der Waals surface area contributed by atoms with E-state index in [9.17, 15) is 33.3 Å². The molecule has 2 aliphatic heterocycles. The summed E-state index contributed by atoms with van der Waals surface area (Å²) in [5.41, 5.74) is 7.11. The molecule has 2 aromatic heterocycles. The molecule has 0 amide bonds.